The summed E-state index contributed by atoms with van der Waals surface area (Å²) in [6, 6.07) is 9.43. The van der Waals surface area contributed by atoms with Gasteiger partial charge < -0.3 is 10.1 Å². The Bertz CT molecular complexity index is 614. The number of pyridine rings is 1. The molecule has 0 unspecified atom stereocenters. The van der Waals surface area contributed by atoms with Gasteiger partial charge in [0.15, 0.2) is 0 Å². The van der Waals surface area contributed by atoms with Gasteiger partial charge in [0.2, 0.25) is 0 Å². The number of ether oxygens (including phenoxy) is 1. The summed E-state index contributed by atoms with van der Waals surface area (Å²) in [5.41, 5.74) is 1.59. The van der Waals surface area contributed by atoms with E-state index in [1.54, 1.807) is 25.6 Å². The van der Waals surface area contributed by atoms with Gasteiger partial charge in [0, 0.05) is 16.9 Å². The molecule has 1 atom stereocenters. The van der Waals surface area contributed by atoms with Gasteiger partial charge in [-0.1, -0.05) is 19.1 Å². The Kier molecular flexibility index (Phi) is 5.33. The van der Waals surface area contributed by atoms with Crippen molar-refractivity contribution < 1.29 is 9.53 Å². The van der Waals surface area contributed by atoms with Gasteiger partial charge in [0.05, 0.1) is 18.7 Å². The predicted octanol–water partition coefficient (Wildman–Crippen LogP) is 3.73. The van der Waals surface area contributed by atoms with E-state index in [2.05, 4.69) is 26.2 Å². The minimum absolute atomic E-state index is 0.0395. The van der Waals surface area contributed by atoms with Crippen molar-refractivity contribution in [2.45, 2.75) is 19.4 Å². The van der Waals surface area contributed by atoms with E-state index >= 15 is 0 Å². The normalized spacial score (nSPS) is 11.8. The van der Waals surface area contributed by atoms with Crippen LogP contribution in [0.3, 0.4) is 0 Å². The molecule has 1 heterocycles. The minimum atomic E-state index is -0.133. The molecule has 0 saturated carbocycles. The lowest BCUT2D eigenvalue weighted by Crippen LogP contribution is -2.28. The smallest absolute Gasteiger partial charge is 0.253 e. The van der Waals surface area contributed by atoms with E-state index < -0.39 is 0 Å². The summed E-state index contributed by atoms with van der Waals surface area (Å²) in [5.74, 6) is 0.669. The second kappa shape index (κ2) is 7.22. The Morgan fingerprint density at radius 2 is 2.05 bits per heavy atom. The van der Waals surface area contributed by atoms with Crippen molar-refractivity contribution in [3.8, 4) is 5.75 Å². The van der Waals surface area contributed by atoms with Crippen molar-refractivity contribution in [1.29, 1.82) is 0 Å². The Labute approximate surface area is 132 Å². The highest BCUT2D eigenvalue weighted by Gasteiger charge is 2.14. The van der Waals surface area contributed by atoms with Crippen molar-refractivity contribution in [3.63, 3.8) is 0 Å². The fraction of sp³-hybridized carbons (Fsp3) is 0.250. The molecule has 5 heteroatoms. The van der Waals surface area contributed by atoms with E-state index in [4.69, 9.17) is 4.74 Å². The van der Waals surface area contributed by atoms with Crippen LogP contribution in [0, 0.1) is 0 Å². The molecule has 1 N–H and O–H groups in total. The Hall–Kier alpha value is -1.88. The van der Waals surface area contributed by atoms with E-state index in [-0.39, 0.29) is 11.9 Å². The van der Waals surface area contributed by atoms with E-state index in [0.29, 0.717) is 5.56 Å². The lowest BCUT2D eigenvalue weighted by molar-refractivity contribution is 0.0935. The van der Waals surface area contributed by atoms with Crippen molar-refractivity contribution in [2.75, 3.05) is 7.11 Å². The zero-order chi connectivity index (χ0) is 15.2. The fourth-order valence-electron chi connectivity index (χ4n) is 2.03. The van der Waals surface area contributed by atoms with Crippen LogP contribution in [-0.4, -0.2) is 18.0 Å². The molecule has 110 valence electrons. The lowest BCUT2D eigenvalue weighted by Gasteiger charge is -2.18. The van der Waals surface area contributed by atoms with Crippen molar-refractivity contribution in [2.24, 2.45) is 0 Å². The Balaban J connectivity index is 2.12. The Morgan fingerprint density at radius 1 is 1.33 bits per heavy atom. The number of amides is 1. The maximum atomic E-state index is 12.3. The van der Waals surface area contributed by atoms with Crippen molar-refractivity contribution >= 4 is 21.8 Å². The molecule has 0 fully saturated rings. The van der Waals surface area contributed by atoms with Crippen LogP contribution < -0.4 is 10.1 Å². The molecule has 0 spiro atoms. The molecule has 2 rings (SSSR count). The van der Waals surface area contributed by atoms with Crippen LogP contribution in [0.15, 0.2) is 47.2 Å². The van der Waals surface area contributed by atoms with Crippen molar-refractivity contribution in [3.05, 3.63) is 58.3 Å². The van der Waals surface area contributed by atoms with Crippen LogP contribution in [0.2, 0.25) is 0 Å². The monoisotopic (exact) mass is 348 g/mol. The third kappa shape index (κ3) is 4.04. The van der Waals surface area contributed by atoms with Gasteiger partial charge >= 0.3 is 0 Å². The van der Waals surface area contributed by atoms with Crippen LogP contribution in [0.4, 0.5) is 0 Å². The molecule has 0 aliphatic carbocycles. The largest absolute Gasteiger partial charge is 0.497 e. The summed E-state index contributed by atoms with van der Waals surface area (Å²) in [7, 11) is 1.63. The van der Waals surface area contributed by atoms with Crippen LogP contribution in [-0.2, 0) is 0 Å². The summed E-state index contributed by atoms with van der Waals surface area (Å²) in [5, 5.41) is 3.02. The summed E-state index contributed by atoms with van der Waals surface area (Å²) < 4.78 is 5.93. The second-order valence-electron chi connectivity index (χ2n) is 4.60. The summed E-state index contributed by atoms with van der Waals surface area (Å²) in [4.78, 5) is 16.3. The van der Waals surface area contributed by atoms with Crippen LogP contribution >= 0.6 is 15.9 Å². The quantitative estimate of drug-likeness (QED) is 0.895. The lowest BCUT2D eigenvalue weighted by atomic mass is 10.0. The third-order valence-electron chi connectivity index (χ3n) is 3.20. The molecule has 0 aliphatic heterocycles. The van der Waals surface area contributed by atoms with E-state index in [1.807, 2.05) is 31.2 Å². The molecule has 1 aromatic carbocycles. The maximum absolute atomic E-state index is 12.3. The van der Waals surface area contributed by atoms with Crippen LogP contribution in [0.5, 0.6) is 5.75 Å². The van der Waals surface area contributed by atoms with Gasteiger partial charge in [-0.25, -0.2) is 0 Å². The zero-order valence-electron chi connectivity index (χ0n) is 12.0. The minimum Gasteiger partial charge on any atom is -0.497 e. The van der Waals surface area contributed by atoms with Crippen molar-refractivity contribution in [1.82, 2.24) is 10.3 Å². The molecule has 1 amide bonds. The SMILES string of the molecule is CC[C@@H](NC(=O)c1cncc(Br)c1)c1ccc(OC)cc1. The number of carbonyl (C=O) groups is 1. The average molecular weight is 349 g/mol. The number of benzene rings is 1. The first-order chi connectivity index (χ1) is 10.1. The predicted molar refractivity (Wildman–Crippen MR) is 85.4 cm³/mol. The Morgan fingerprint density at radius 3 is 2.62 bits per heavy atom. The number of aromatic nitrogens is 1. The molecule has 0 saturated heterocycles. The van der Waals surface area contributed by atoms with Crippen LogP contribution in [0.25, 0.3) is 0 Å². The number of hydrogen-bond donors (Lipinski definition) is 1. The highest BCUT2D eigenvalue weighted by atomic mass is 79.9. The average Bonchev–Trinajstić information content (AvgIpc) is 2.52. The van der Waals surface area contributed by atoms with Gasteiger partial charge in [-0.3, -0.25) is 9.78 Å². The molecule has 0 radical (unpaired) electrons. The van der Waals surface area contributed by atoms with Gasteiger partial charge in [-0.15, -0.1) is 0 Å². The van der Waals surface area contributed by atoms with E-state index in [9.17, 15) is 4.79 Å². The van der Waals surface area contributed by atoms with E-state index in [0.717, 1.165) is 22.2 Å². The highest BCUT2D eigenvalue weighted by Crippen LogP contribution is 2.21. The third-order valence-corrected chi connectivity index (χ3v) is 3.63. The topological polar surface area (TPSA) is 51.2 Å². The molecule has 21 heavy (non-hydrogen) atoms. The van der Waals surface area contributed by atoms with Gasteiger partial charge in [0.1, 0.15) is 5.75 Å². The number of nitrogens with zero attached hydrogens (tertiary/aromatic N) is 1. The first-order valence-electron chi connectivity index (χ1n) is 6.69. The highest BCUT2D eigenvalue weighted by molar-refractivity contribution is 9.10. The molecule has 0 bridgehead atoms. The molecular weight excluding hydrogens is 332 g/mol. The van der Waals surface area contributed by atoms with Gasteiger partial charge in [-0.2, -0.15) is 0 Å². The van der Waals surface area contributed by atoms with Crippen LogP contribution in [0.1, 0.15) is 35.3 Å². The maximum Gasteiger partial charge on any atom is 0.253 e. The molecule has 1 aromatic heterocycles. The summed E-state index contributed by atoms with van der Waals surface area (Å²) in [6.45, 7) is 2.04. The second-order valence-corrected chi connectivity index (χ2v) is 5.51. The number of hydrogen-bond acceptors (Lipinski definition) is 3. The molecular formula is C16H17BrN2O2. The number of methoxy groups -OCH3 is 1. The number of rotatable bonds is 5. The standard InChI is InChI=1S/C16H17BrN2O2/c1-3-15(11-4-6-14(21-2)7-5-11)19-16(20)12-8-13(17)10-18-9-12/h4-10,15H,3H2,1-2H3,(H,19,20)/t15-/m1/s1. The zero-order valence-corrected chi connectivity index (χ0v) is 13.6. The number of nitrogens with one attached hydrogen (secondary N) is 1. The van der Waals surface area contributed by atoms with Gasteiger partial charge in [-0.05, 0) is 46.1 Å². The first-order valence-corrected chi connectivity index (χ1v) is 7.48. The fourth-order valence-corrected chi connectivity index (χ4v) is 2.40. The molecule has 2 aromatic rings. The number of carbonyl (C=O) groups excluding carboxylic acids is 1. The summed E-state index contributed by atoms with van der Waals surface area (Å²) in [6.07, 6.45) is 4.01. The molecule has 4 nitrogen and oxygen atoms in total. The summed E-state index contributed by atoms with van der Waals surface area (Å²) >= 11 is 3.32. The van der Waals surface area contributed by atoms with E-state index in [1.165, 1.54) is 0 Å². The van der Waals surface area contributed by atoms with Gasteiger partial charge in [0.25, 0.3) is 5.91 Å². The number of halogens is 1. The first kappa shape index (κ1) is 15.5. The molecule has 0 aliphatic rings.